The van der Waals surface area contributed by atoms with Gasteiger partial charge in [-0.05, 0) is 31.2 Å². The molecule has 2 aliphatic rings. The molecule has 1 saturated heterocycles. The Morgan fingerprint density at radius 2 is 2.33 bits per heavy atom. The zero-order valence-electron chi connectivity index (χ0n) is 6.28. The predicted octanol–water partition coefficient (Wildman–Crippen LogP) is 1.39. The van der Waals surface area contributed by atoms with E-state index in [-0.39, 0.29) is 0 Å². The number of fused-ring (bicyclic) bond motifs is 1. The molecule has 0 aromatic rings. The fourth-order valence-corrected chi connectivity index (χ4v) is 2.32. The first-order chi connectivity index (χ1) is 4.26. The molecule has 1 nitrogen and oxygen atoms in total. The summed E-state index contributed by atoms with van der Waals surface area (Å²) >= 11 is 0. The lowest BCUT2D eigenvalue weighted by molar-refractivity contribution is 0.405. The van der Waals surface area contributed by atoms with Crippen LogP contribution in [0.4, 0.5) is 0 Å². The van der Waals surface area contributed by atoms with Crippen molar-refractivity contribution in [2.75, 3.05) is 6.54 Å². The molecule has 0 radical (unpaired) electrons. The highest BCUT2D eigenvalue weighted by molar-refractivity contribution is 5.15. The molecule has 1 unspecified atom stereocenters. The Hall–Kier alpha value is -0.0400. The first-order valence-electron chi connectivity index (χ1n) is 4.01. The minimum Gasteiger partial charge on any atom is -0.311 e. The molecule has 2 rings (SSSR count). The third kappa shape index (κ3) is 0.586. The third-order valence-corrected chi connectivity index (χ3v) is 3.13. The predicted molar refractivity (Wildman–Crippen MR) is 38.3 cm³/mol. The molecule has 1 heterocycles. The van der Waals surface area contributed by atoms with Crippen LogP contribution >= 0.6 is 0 Å². The Bertz CT molecular complexity index is 127. The maximum atomic E-state index is 3.61. The second-order valence-electron chi connectivity index (χ2n) is 3.81. The quantitative estimate of drug-likeness (QED) is 0.558. The average molecular weight is 125 g/mol. The van der Waals surface area contributed by atoms with Crippen LogP contribution in [0.3, 0.4) is 0 Å². The number of hydrogen-bond donors (Lipinski definition) is 1. The van der Waals surface area contributed by atoms with Crippen LogP contribution in [-0.4, -0.2) is 12.1 Å². The number of piperidine rings is 1. The Morgan fingerprint density at radius 3 is 2.56 bits per heavy atom. The largest absolute Gasteiger partial charge is 0.311 e. The van der Waals surface area contributed by atoms with Gasteiger partial charge in [-0.3, -0.25) is 0 Å². The van der Waals surface area contributed by atoms with Crippen molar-refractivity contribution in [3.8, 4) is 0 Å². The van der Waals surface area contributed by atoms with Crippen LogP contribution in [0.25, 0.3) is 0 Å². The van der Waals surface area contributed by atoms with Gasteiger partial charge in [0.2, 0.25) is 0 Å². The Morgan fingerprint density at radius 1 is 1.56 bits per heavy atom. The van der Waals surface area contributed by atoms with E-state index in [2.05, 4.69) is 19.2 Å². The van der Waals surface area contributed by atoms with E-state index in [9.17, 15) is 0 Å². The molecule has 1 aliphatic carbocycles. The minimum absolute atomic E-state index is 0.611. The van der Waals surface area contributed by atoms with Gasteiger partial charge in [0.1, 0.15) is 0 Å². The molecule has 0 aromatic heterocycles. The van der Waals surface area contributed by atoms with Gasteiger partial charge in [0.15, 0.2) is 0 Å². The van der Waals surface area contributed by atoms with E-state index in [0.717, 1.165) is 11.8 Å². The van der Waals surface area contributed by atoms with E-state index in [1.165, 1.54) is 19.4 Å². The fraction of sp³-hybridized carbons (Fsp3) is 1.00. The zero-order valence-corrected chi connectivity index (χ0v) is 6.28. The fourth-order valence-electron chi connectivity index (χ4n) is 2.32. The van der Waals surface area contributed by atoms with Gasteiger partial charge in [-0.2, -0.15) is 0 Å². The van der Waals surface area contributed by atoms with Crippen LogP contribution in [0, 0.1) is 11.8 Å². The van der Waals surface area contributed by atoms with Gasteiger partial charge in [0.05, 0.1) is 0 Å². The van der Waals surface area contributed by atoms with Crippen molar-refractivity contribution in [2.45, 2.75) is 32.2 Å². The summed E-state index contributed by atoms with van der Waals surface area (Å²) < 4.78 is 0. The van der Waals surface area contributed by atoms with Crippen LogP contribution in [-0.2, 0) is 0 Å². The van der Waals surface area contributed by atoms with Crippen LogP contribution in [0.5, 0.6) is 0 Å². The smallest absolute Gasteiger partial charge is 0.0237 e. The van der Waals surface area contributed by atoms with E-state index >= 15 is 0 Å². The van der Waals surface area contributed by atoms with Gasteiger partial charge in [-0.25, -0.2) is 0 Å². The van der Waals surface area contributed by atoms with Gasteiger partial charge in [-0.15, -0.1) is 0 Å². The highest BCUT2D eigenvalue weighted by Gasteiger charge is 2.58. The highest BCUT2D eigenvalue weighted by Crippen LogP contribution is 2.53. The van der Waals surface area contributed by atoms with Crippen LogP contribution in [0.2, 0.25) is 0 Å². The third-order valence-electron chi connectivity index (χ3n) is 3.13. The topological polar surface area (TPSA) is 12.0 Å². The summed E-state index contributed by atoms with van der Waals surface area (Å²) in [6.45, 7) is 5.93. The molecule has 0 amide bonds. The lowest BCUT2D eigenvalue weighted by atomic mass is 10.0. The molecule has 1 saturated carbocycles. The van der Waals surface area contributed by atoms with Crippen molar-refractivity contribution < 1.29 is 0 Å². The lowest BCUT2D eigenvalue weighted by Crippen LogP contribution is -2.33. The van der Waals surface area contributed by atoms with E-state index in [4.69, 9.17) is 0 Å². The number of rotatable bonds is 1. The standard InChI is InChI=1S/C8H15N/c1-6(2)8-5-7(8)3-4-9-8/h6-7,9H,3-5H2,1-2H3/t7?,8-/m1/s1. The van der Waals surface area contributed by atoms with Crippen molar-refractivity contribution >= 4 is 0 Å². The SMILES string of the molecule is CC(C)[C@]12CC1CCN2. The molecule has 1 aliphatic heterocycles. The molecule has 0 aromatic carbocycles. The molecule has 1 N–H and O–H groups in total. The lowest BCUT2D eigenvalue weighted by Gasteiger charge is -2.17. The maximum absolute atomic E-state index is 3.61. The second kappa shape index (κ2) is 1.51. The van der Waals surface area contributed by atoms with E-state index in [0.29, 0.717) is 5.54 Å². The summed E-state index contributed by atoms with van der Waals surface area (Å²) in [5.41, 5.74) is 0.611. The molecular weight excluding hydrogens is 110 g/mol. The monoisotopic (exact) mass is 125 g/mol. The van der Waals surface area contributed by atoms with E-state index in [1.807, 2.05) is 0 Å². The van der Waals surface area contributed by atoms with Crippen LogP contribution in [0.15, 0.2) is 0 Å². The van der Waals surface area contributed by atoms with Gasteiger partial charge in [-0.1, -0.05) is 13.8 Å². The first kappa shape index (κ1) is 5.72. The number of hydrogen-bond acceptors (Lipinski definition) is 1. The van der Waals surface area contributed by atoms with Crippen LogP contribution < -0.4 is 5.32 Å². The Balaban J connectivity index is 2.10. The summed E-state index contributed by atoms with van der Waals surface area (Å²) in [6.07, 6.45) is 2.88. The van der Waals surface area contributed by atoms with Gasteiger partial charge in [0.25, 0.3) is 0 Å². The Kier molecular flexibility index (Phi) is 0.963. The second-order valence-corrected chi connectivity index (χ2v) is 3.81. The molecule has 9 heavy (non-hydrogen) atoms. The Labute approximate surface area is 56.8 Å². The zero-order chi connectivity index (χ0) is 6.48. The molecule has 1 heteroatoms. The summed E-state index contributed by atoms with van der Waals surface area (Å²) in [5.74, 6) is 1.89. The molecule has 2 atom stereocenters. The molecular formula is C8H15N. The summed E-state index contributed by atoms with van der Waals surface area (Å²) in [5, 5.41) is 3.61. The van der Waals surface area contributed by atoms with Crippen molar-refractivity contribution in [2.24, 2.45) is 11.8 Å². The first-order valence-corrected chi connectivity index (χ1v) is 4.01. The summed E-state index contributed by atoms with van der Waals surface area (Å²) in [4.78, 5) is 0. The van der Waals surface area contributed by atoms with E-state index < -0.39 is 0 Å². The van der Waals surface area contributed by atoms with Crippen molar-refractivity contribution in [3.63, 3.8) is 0 Å². The van der Waals surface area contributed by atoms with Gasteiger partial charge >= 0.3 is 0 Å². The molecule has 0 spiro atoms. The minimum atomic E-state index is 0.611. The molecule has 2 fully saturated rings. The van der Waals surface area contributed by atoms with Crippen LogP contribution in [0.1, 0.15) is 26.7 Å². The van der Waals surface area contributed by atoms with Gasteiger partial charge < -0.3 is 5.32 Å². The van der Waals surface area contributed by atoms with Crippen molar-refractivity contribution in [1.29, 1.82) is 0 Å². The van der Waals surface area contributed by atoms with Crippen molar-refractivity contribution in [3.05, 3.63) is 0 Å². The number of nitrogens with one attached hydrogen (secondary N) is 1. The van der Waals surface area contributed by atoms with Gasteiger partial charge in [0, 0.05) is 5.54 Å². The molecule has 0 bridgehead atoms. The van der Waals surface area contributed by atoms with E-state index in [1.54, 1.807) is 0 Å². The normalized spacial score (nSPS) is 47.7. The van der Waals surface area contributed by atoms with Crippen molar-refractivity contribution in [1.82, 2.24) is 5.32 Å². The average Bonchev–Trinajstić information content (AvgIpc) is 2.38. The summed E-state index contributed by atoms with van der Waals surface area (Å²) in [6, 6.07) is 0. The maximum Gasteiger partial charge on any atom is 0.0237 e. The highest BCUT2D eigenvalue weighted by atomic mass is 15.1. The molecule has 52 valence electrons. The summed E-state index contributed by atoms with van der Waals surface area (Å²) in [7, 11) is 0.